The zero-order valence-electron chi connectivity index (χ0n) is 9.71. The van der Waals surface area contributed by atoms with Crippen LogP contribution in [0.4, 0.5) is 0 Å². The number of primary amides is 1. The van der Waals surface area contributed by atoms with E-state index in [4.69, 9.17) is 11.5 Å². The number of amides is 1. The molecule has 0 aliphatic carbocycles. The minimum Gasteiger partial charge on any atom is -0.369 e. The van der Waals surface area contributed by atoms with Crippen molar-refractivity contribution in [2.24, 2.45) is 22.8 Å². The number of rotatable bonds is 6. The largest absolute Gasteiger partial charge is 0.369 e. The van der Waals surface area contributed by atoms with Crippen LogP contribution in [-0.2, 0) is 4.79 Å². The molecule has 0 aliphatic rings. The highest BCUT2D eigenvalue weighted by Gasteiger charge is 2.26. The van der Waals surface area contributed by atoms with Crippen LogP contribution in [0.3, 0.4) is 0 Å². The molecule has 0 heterocycles. The molecule has 0 aromatic rings. The molecule has 0 radical (unpaired) electrons. The fourth-order valence-corrected chi connectivity index (χ4v) is 1.89. The predicted molar refractivity (Wildman–Crippen MR) is 58.7 cm³/mol. The average molecular weight is 201 g/mol. The van der Waals surface area contributed by atoms with Crippen molar-refractivity contribution in [2.45, 2.75) is 20.3 Å². The van der Waals surface area contributed by atoms with E-state index in [1.54, 1.807) is 0 Å². The van der Waals surface area contributed by atoms with Crippen molar-refractivity contribution < 1.29 is 4.79 Å². The molecule has 1 unspecified atom stereocenters. The second-order valence-electron chi connectivity index (χ2n) is 4.94. The molecule has 0 fully saturated rings. The molecule has 1 atom stereocenters. The number of nitrogens with zero attached hydrogens (tertiary/aromatic N) is 1. The molecule has 84 valence electrons. The molecule has 0 rings (SSSR count). The Kier molecular flexibility index (Phi) is 5.08. The summed E-state index contributed by atoms with van der Waals surface area (Å²) >= 11 is 0. The molecule has 0 spiro atoms. The average Bonchev–Trinajstić information content (AvgIpc) is 1.97. The topological polar surface area (TPSA) is 72.3 Å². The van der Waals surface area contributed by atoms with Crippen LogP contribution in [0.1, 0.15) is 20.3 Å². The molecule has 0 saturated heterocycles. The second kappa shape index (κ2) is 5.32. The van der Waals surface area contributed by atoms with Gasteiger partial charge in [-0.05, 0) is 25.9 Å². The van der Waals surface area contributed by atoms with Gasteiger partial charge in [0.25, 0.3) is 0 Å². The Hall–Kier alpha value is -0.610. The molecule has 4 N–H and O–H groups in total. The van der Waals surface area contributed by atoms with E-state index in [1.807, 2.05) is 14.1 Å². The van der Waals surface area contributed by atoms with Gasteiger partial charge in [-0.15, -0.1) is 0 Å². The number of carbonyl (C=O) groups excluding carboxylic acids is 1. The highest BCUT2D eigenvalue weighted by molar-refractivity contribution is 5.76. The van der Waals surface area contributed by atoms with Crippen LogP contribution in [0.2, 0.25) is 0 Å². The van der Waals surface area contributed by atoms with Crippen LogP contribution in [0.5, 0.6) is 0 Å². The Balaban J connectivity index is 4.24. The first-order valence-electron chi connectivity index (χ1n) is 4.92. The van der Waals surface area contributed by atoms with E-state index in [-0.39, 0.29) is 17.2 Å². The van der Waals surface area contributed by atoms with Gasteiger partial charge in [0.05, 0.1) is 5.92 Å². The highest BCUT2D eigenvalue weighted by Crippen LogP contribution is 2.25. The summed E-state index contributed by atoms with van der Waals surface area (Å²) < 4.78 is 0. The third-order valence-corrected chi connectivity index (χ3v) is 2.23. The Bertz CT molecular complexity index is 190. The summed E-state index contributed by atoms with van der Waals surface area (Å²) in [5, 5.41) is 0. The SMILES string of the molecule is CN(C)CC(C)(C)CC(CN)C(N)=O. The molecule has 14 heavy (non-hydrogen) atoms. The summed E-state index contributed by atoms with van der Waals surface area (Å²) in [7, 11) is 4.03. The predicted octanol–water partition coefficient (Wildman–Crippen LogP) is 0.0245. The number of hydrogen-bond acceptors (Lipinski definition) is 3. The van der Waals surface area contributed by atoms with Gasteiger partial charge < -0.3 is 16.4 Å². The van der Waals surface area contributed by atoms with E-state index in [9.17, 15) is 4.79 Å². The summed E-state index contributed by atoms with van der Waals surface area (Å²) in [5.74, 6) is -0.496. The van der Waals surface area contributed by atoms with E-state index in [0.29, 0.717) is 6.54 Å². The van der Waals surface area contributed by atoms with Gasteiger partial charge in [-0.3, -0.25) is 4.79 Å². The quantitative estimate of drug-likeness (QED) is 0.636. The molecule has 0 aromatic heterocycles. The van der Waals surface area contributed by atoms with E-state index >= 15 is 0 Å². The van der Waals surface area contributed by atoms with Crippen LogP contribution in [0.25, 0.3) is 0 Å². The maximum absolute atomic E-state index is 11.0. The molecular weight excluding hydrogens is 178 g/mol. The molecular formula is C10H23N3O. The van der Waals surface area contributed by atoms with E-state index in [0.717, 1.165) is 13.0 Å². The smallest absolute Gasteiger partial charge is 0.221 e. The minimum absolute atomic E-state index is 0.0720. The Morgan fingerprint density at radius 3 is 2.21 bits per heavy atom. The Morgan fingerprint density at radius 2 is 1.93 bits per heavy atom. The van der Waals surface area contributed by atoms with Crippen molar-refractivity contribution in [1.29, 1.82) is 0 Å². The lowest BCUT2D eigenvalue weighted by Gasteiger charge is -2.30. The lowest BCUT2D eigenvalue weighted by molar-refractivity contribution is -0.122. The van der Waals surface area contributed by atoms with Gasteiger partial charge in [0.15, 0.2) is 0 Å². The maximum Gasteiger partial charge on any atom is 0.221 e. The van der Waals surface area contributed by atoms with E-state index in [2.05, 4.69) is 18.7 Å². The standard InChI is InChI=1S/C10H23N3O/c1-10(2,7-13(3)4)5-8(6-11)9(12)14/h8H,5-7,11H2,1-4H3,(H2,12,14). The number of carbonyl (C=O) groups is 1. The van der Waals surface area contributed by atoms with Crippen molar-refractivity contribution in [1.82, 2.24) is 4.90 Å². The number of hydrogen-bond donors (Lipinski definition) is 2. The van der Waals surface area contributed by atoms with E-state index < -0.39 is 0 Å². The van der Waals surface area contributed by atoms with Crippen molar-refractivity contribution in [3.05, 3.63) is 0 Å². The zero-order chi connectivity index (χ0) is 11.4. The van der Waals surface area contributed by atoms with Crippen LogP contribution in [0, 0.1) is 11.3 Å². The maximum atomic E-state index is 11.0. The molecule has 0 bridgehead atoms. The second-order valence-corrected chi connectivity index (χ2v) is 4.94. The van der Waals surface area contributed by atoms with Crippen LogP contribution < -0.4 is 11.5 Å². The van der Waals surface area contributed by atoms with Crippen molar-refractivity contribution >= 4 is 5.91 Å². The summed E-state index contributed by atoms with van der Waals surface area (Å²) in [6.45, 7) is 5.51. The van der Waals surface area contributed by atoms with Gasteiger partial charge in [0.2, 0.25) is 5.91 Å². The third-order valence-electron chi connectivity index (χ3n) is 2.23. The molecule has 4 nitrogen and oxygen atoms in total. The van der Waals surface area contributed by atoms with Crippen LogP contribution >= 0.6 is 0 Å². The summed E-state index contributed by atoms with van der Waals surface area (Å²) in [5.41, 5.74) is 10.8. The summed E-state index contributed by atoms with van der Waals surface area (Å²) in [6, 6.07) is 0. The van der Waals surface area contributed by atoms with Gasteiger partial charge >= 0.3 is 0 Å². The monoisotopic (exact) mass is 201 g/mol. The molecule has 0 saturated carbocycles. The normalized spacial score (nSPS) is 14.4. The first-order valence-corrected chi connectivity index (χ1v) is 4.92. The Labute approximate surface area is 86.6 Å². The lowest BCUT2D eigenvalue weighted by Crippen LogP contribution is -2.37. The van der Waals surface area contributed by atoms with Gasteiger partial charge in [-0.1, -0.05) is 13.8 Å². The van der Waals surface area contributed by atoms with Crippen molar-refractivity contribution in [3.63, 3.8) is 0 Å². The van der Waals surface area contributed by atoms with E-state index in [1.165, 1.54) is 0 Å². The first kappa shape index (κ1) is 13.4. The fraction of sp³-hybridized carbons (Fsp3) is 0.900. The minimum atomic E-state index is -0.292. The summed E-state index contributed by atoms with van der Waals surface area (Å²) in [4.78, 5) is 13.1. The number of nitrogens with two attached hydrogens (primary N) is 2. The molecule has 1 amide bonds. The summed E-state index contributed by atoms with van der Waals surface area (Å²) in [6.07, 6.45) is 0.747. The highest BCUT2D eigenvalue weighted by atomic mass is 16.1. The fourth-order valence-electron chi connectivity index (χ4n) is 1.89. The molecule has 0 aliphatic heterocycles. The van der Waals surface area contributed by atoms with Crippen LogP contribution in [-0.4, -0.2) is 38.0 Å². The van der Waals surface area contributed by atoms with Crippen LogP contribution in [0.15, 0.2) is 0 Å². The lowest BCUT2D eigenvalue weighted by atomic mass is 9.82. The third kappa shape index (κ3) is 5.19. The molecule has 0 aromatic carbocycles. The van der Waals surface area contributed by atoms with Gasteiger partial charge in [-0.25, -0.2) is 0 Å². The van der Waals surface area contributed by atoms with Gasteiger partial charge in [0, 0.05) is 13.1 Å². The zero-order valence-corrected chi connectivity index (χ0v) is 9.71. The van der Waals surface area contributed by atoms with Crippen molar-refractivity contribution in [2.75, 3.05) is 27.2 Å². The van der Waals surface area contributed by atoms with Gasteiger partial charge in [-0.2, -0.15) is 0 Å². The molecule has 4 heteroatoms. The van der Waals surface area contributed by atoms with Gasteiger partial charge in [0.1, 0.15) is 0 Å². The van der Waals surface area contributed by atoms with Crippen molar-refractivity contribution in [3.8, 4) is 0 Å². The first-order chi connectivity index (χ1) is 6.28. The Morgan fingerprint density at radius 1 is 1.43 bits per heavy atom.